The van der Waals surface area contributed by atoms with Crippen molar-refractivity contribution < 1.29 is 4.42 Å². The van der Waals surface area contributed by atoms with Crippen molar-refractivity contribution >= 4 is 43.7 Å². The van der Waals surface area contributed by atoms with Gasteiger partial charge in [0.25, 0.3) is 0 Å². The number of benzene rings is 3. The van der Waals surface area contributed by atoms with Crippen LogP contribution in [0.1, 0.15) is 50.6 Å². The van der Waals surface area contributed by atoms with Gasteiger partial charge in [-0.15, -0.1) is 0 Å². The topological polar surface area (TPSA) is 51.8 Å². The molecule has 6 rings (SSSR count). The number of nitrogens with zero attached hydrogens (tertiary/aromatic N) is 3. The highest BCUT2D eigenvalue weighted by Crippen LogP contribution is 2.40. The quantitative estimate of drug-likeness (QED) is 0.248. The third-order valence-electron chi connectivity index (χ3n) is 6.82. The molecule has 0 unspecified atom stereocenters. The zero-order chi connectivity index (χ0) is 24.3. The highest BCUT2D eigenvalue weighted by atomic mass is 16.3. The molecular weight excluding hydrogens is 430 g/mol. The zero-order valence-corrected chi connectivity index (χ0v) is 20.9. The molecule has 3 aromatic heterocycles. The van der Waals surface area contributed by atoms with Crippen LogP contribution in [0.3, 0.4) is 0 Å². The number of hydrogen-bond acceptors (Lipinski definition) is 4. The Balaban J connectivity index is 1.76. The van der Waals surface area contributed by atoms with E-state index in [9.17, 15) is 0 Å². The molecule has 0 saturated carbocycles. The molecule has 3 aromatic carbocycles. The highest BCUT2D eigenvalue weighted by Gasteiger charge is 2.21. The van der Waals surface area contributed by atoms with Gasteiger partial charge in [-0.25, -0.2) is 15.0 Å². The summed E-state index contributed by atoms with van der Waals surface area (Å²) in [6.07, 6.45) is 2.79. The van der Waals surface area contributed by atoms with Gasteiger partial charge in [0.2, 0.25) is 5.71 Å². The Morgan fingerprint density at radius 3 is 2.49 bits per heavy atom. The maximum Gasteiger partial charge on any atom is 0.227 e. The molecule has 0 aliphatic rings. The van der Waals surface area contributed by atoms with Crippen LogP contribution in [0.15, 0.2) is 65.2 Å². The minimum atomic E-state index is 0.198. The van der Waals surface area contributed by atoms with Crippen LogP contribution in [-0.2, 0) is 6.42 Å². The number of aryl methyl sites for hydroxylation is 1. The molecule has 35 heavy (non-hydrogen) atoms. The summed E-state index contributed by atoms with van der Waals surface area (Å²) >= 11 is 0. The fraction of sp³-hybridized carbons (Fsp3) is 0.258. The predicted molar refractivity (Wildman–Crippen MR) is 145 cm³/mol. The minimum Gasteiger partial charge on any atom is -0.437 e. The van der Waals surface area contributed by atoms with Crippen LogP contribution >= 0.6 is 0 Å². The molecule has 4 nitrogen and oxygen atoms in total. The molecule has 0 spiro atoms. The molecule has 3 heterocycles. The molecule has 174 valence electrons. The number of hydrogen-bond donors (Lipinski definition) is 0. The molecular formula is C31H29N3O. The van der Waals surface area contributed by atoms with Crippen molar-refractivity contribution in [3.63, 3.8) is 0 Å². The summed E-state index contributed by atoms with van der Waals surface area (Å²) in [6, 6.07) is 19.3. The number of aromatic nitrogens is 3. The lowest BCUT2D eigenvalue weighted by Crippen LogP contribution is -2.03. The van der Waals surface area contributed by atoms with E-state index in [4.69, 9.17) is 14.4 Å². The van der Waals surface area contributed by atoms with Crippen LogP contribution in [0.5, 0.6) is 0 Å². The molecule has 0 aliphatic heterocycles. The highest BCUT2D eigenvalue weighted by molar-refractivity contribution is 6.15. The maximum atomic E-state index is 6.36. The monoisotopic (exact) mass is 459 g/mol. The molecule has 0 atom stereocenters. The van der Waals surface area contributed by atoms with Gasteiger partial charge in [0.1, 0.15) is 11.4 Å². The lowest BCUT2D eigenvalue weighted by molar-refractivity contribution is 0.650. The van der Waals surface area contributed by atoms with Crippen LogP contribution in [0, 0.1) is 12.8 Å². The van der Waals surface area contributed by atoms with E-state index in [1.54, 1.807) is 6.20 Å². The van der Waals surface area contributed by atoms with Gasteiger partial charge >= 0.3 is 0 Å². The van der Waals surface area contributed by atoms with Crippen LogP contribution in [0.4, 0.5) is 0 Å². The fourth-order valence-electron chi connectivity index (χ4n) is 5.20. The van der Waals surface area contributed by atoms with Crippen molar-refractivity contribution in [3.8, 4) is 11.3 Å². The summed E-state index contributed by atoms with van der Waals surface area (Å²) in [6.45, 7) is 11.0. The van der Waals surface area contributed by atoms with Crippen molar-refractivity contribution in [1.29, 1.82) is 0 Å². The molecule has 0 radical (unpaired) electrons. The second kappa shape index (κ2) is 8.16. The first-order valence-electron chi connectivity index (χ1n) is 12.4. The van der Waals surface area contributed by atoms with Crippen molar-refractivity contribution in [2.75, 3.05) is 0 Å². The van der Waals surface area contributed by atoms with Gasteiger partial charge in [-0.2, -0.15) is 0 Å². The van der Waals surface area contributed by atoms with Crippen molar-refractivity contribution in [1.82, 2.24) is 15.0 Å². The Labute approximate surface area is 205 Å². The van der Waals surface area contributed by atoms with Gasteiger partial charge in [0, 0.05) is 39.2 Å². The molecule has 0 bridgehead atoms. The summed E-state index contributed by atoms with van der Waals surface area (Å²) < 4.78 is 6.36. The fourth-order valence-corrected chi connectivity index (χ4v) is 5.20. The van der Waals surface area contributed by atoms with E-state index in [0.717, 1.165) is 50.8 Å². The van der Waals surface area contributed by atoms with Crippen LogP contribution in [0.25, 0.3) is 55.0 Å². The average Bonchev–Trinajstić information content (AvgIpc) is 3.23. The van der Waals surface area contributed by atoms with Gasteiger partial charge in [-0.3, -0.25) is 0 Å². The largest absolute Gasteiger partial charge is 0.437 e. The number of rotatable bonds is 4. The summed E-state index contributed by atoms with van der Waals surface area (Å²) in [7, 11) is 0. The van der Waals surface area contributed by atoms with Gasteiger partial charge in [-0.1, -0.05) is 58.0 Å². The maximum absolute atomic E-state index is 6.36. The van der Waals surface area contributed by atoms with Crippen LogP contribution in [-0.4, -0.2) is 15.0 Å². The van der Waals surface area contributed by atoms with Crippen LogP contribution < -0.4 is 0 Å². The number of pyridine rings is 1. The van der Waals surface area contributed by atoms with Gasteiger partial charge in [0.05, 0.1) is 11.2 Å². The summed E-state index contributed by atoms with van der Waals surface area (Å²) in [4.78, 5) is 14.8. The van der Waals surface area contributed by atoms with E-state index in [1.807, 2.05) is 6.07 Å². The first kappa shape index (κ1) is 21.7. The lowest BCUT2D eigenvalue weighted by atomic mass is 9.93. The molecule has 0 aliphatic carbocycles. The van der Waals surface area contributed by atoms with E-state index in [1.165, 1.54) is 21.9 Å². The second-order valence-corrected chi connectivity index (χ2v) is 10.3. The Kier molecular flexibility index (Phi) is 5.06. The van der Waals surface area contributed by atoms with E-state index in [2.05, 4.69) is 88.1 Å². The van der Waals surface area contributed by atoms with Gasteiger partial charge in [0.15, 0.2) is 0 Å². The zero-order valence-electron chi connectivity index (χ0n) is 20.9. The second-order valence-electron chi connectivity index (χ2n) is 10.3. The van der Waals surface area contributed by atoms with E-state index in [-0.39, 0.29) is 5.92 Å². The summed E-state index contributed by atoms with van der Waals surface area (Å²) in [5, 5.41) is 5.64. The molecule has 0 saturated heterocycles. The van der Waals surface area contributed by atoms with E-state index in [0.29, 0.717) is 11.6 Å². The van der Waals surface area contributed by atoms with Gasteiger partial charge < -0.3 is 4.42 Å². The summed E-state index contributed by atoms with van der Waals surface area (Å²) in [5.74, 6) is 1.60. The average molecular weight is 460 g/mol. The van der Waals surface area contributed by atoms with E-state index < -0.39 is 0 Å². The predicted octanol–water partition coefficient (Wildman–Crippen LogP) is 8.37. The first-order chi connectivity index (χ1) is 16.9. The molecule has 0 fully saturated rings. The Bertz CT molecular complexity index is 1740. The Morgan fingerprint density at radius 2 is 1.69 bits per heavy atom. The smallest absolute Gasteiger partial charge is 0.227 e. The van der Waals surface area contributed by atoms with Crippen LogP contribution in [0.2, 0.25) is 0 Å². The number of furan rings is 1. The minimum absolute atomic E-state index is 0.198. The van der Waals surface area contributed by atoms with Gasteiger partial charge in [-0.05, 0) is 60.0 Å². The summed E-state index contributed by atoms with van der Waals surface area (Å²) in [5.41, 5.74) is 6.93. The van der Waals surface area contributed by atoms with Crippen molar-refractivity contribution in [2.45, 2.75) is 47.0 Å². The normalized spacial score (nSPS) is 12.2. The van der Waals surface area contributed by atoms with E-state index >= 15 is 0 Å². The third-order valence-corrected chi connectivity index (χ3v) is 6.82. The van der Waals surface area contributed by atoms with Crippen molar-refractivity contribution in [3.05, 3.63) is 77.7 Å². The molecule has 0 N–H and O–H groups in total. The Hall–Kier alpha value is -3.79. The first-order valence-corrected chi connectivity index (χ1v) is 12.4. The standard InChI is InChI=1S/C31H29N3O/c1-17(2)16-21-9-6-8-20-12-14-23-27(33-30(18(3)4)34-28(23)26(20)21)24-13-11-19(5)25-22-10-7-15-32-31(22)35-29(24)25/h6-15,17-18H,16H2,1-5H3. The molecule has 0 amide bonds. The molecule has 4 heteroatoms. The SMILES string of the molecule is Cc1ccc(-c2nc(C(C)C)nc3c2ccc2cccc(CC(C)C)c23)c2oc3ncccc3c12. The number of fused-ring (bicyclic) bond motifs is 6. The Morgan fingerprint density at radius 1 is 0.829 bits per heavy atom. The van der Waals surface area contributed by atoms with Crippen molar-refractivity contribution in [2.24, 2.45) is 5.92 Å². The third kappa shape index (κ3) is 3.47. The lowest BCUT2D eigenvalue weighted by Gasteiger charge is -2.16. The molecule has 6 aromatic rings.